The second-order valence-electron chi connectivity index (χ2n) is 5.61. The Balaban J connectivity index is 3.00. The summed E-state index contributed by atoms with van der Waals surface area (Å²) >= 11 is 1.10. The number of nitrogen functional groups attached to an aromatic ring is 1. The number of likely N-dealkylation sites (N-methyl/N-ethyl adjacent to an activating group) is 1. The Morgan fingerprint density at radius 2 is 2.00 bits per heavy atom. The zero-order valence-corrected chi connectivity index (χ0v) is 14.4. The molecule has 3 N–H and O–H groups in total. The molecule has 0 aliphatic carbocycles. The van der Waals surface area contributed by atoms with Gasteiger partial charge in [-0.2, -0.15) is 4.37 Å². The molecule has 0 unspecified atom stereocenters. The van der Waals surface area contributed by atoms with Gasteiger partial charge in [0.05, 0.1) is 5.75 Å². The summed E-state index contributed by atoms with van der Waals surface area (Å²) in [6.45, 7) is 6.58. The summed E-state index contributed by atoms with van der Waals surface area (Å²) in [5.41, 5.74) is 5.62. The average molecular weight is 320 g/mol. The molecule has 0 aliphatic heterocycles. The van der Waals surface area contributed by atoms with E-state index in [1.54, 1.807) is 0 Å². The first kappa shape index (κ1) is 17.2. The van der Waals surface area contributed by atoms with E-state index in [2.05, 4.69) is 28.4 Å². The first-order valence-corrected chi connectivity index (χ1v) is 8.93. The van der Waals surface area contributed by atoms with Gasteiger partial charge in [-0.25, -0.2) is 8.42 Å². The van der Waals surface area contributed by atoms with Gasteiger partial charge < -0.3 is 16.0 Å². The number of nitrogens with two attached hydrogens (primary N) is 1. The summed E-state index contributed by atoms with van der Waals surface area (Å²) in [4.78, 5) is 2.23. The van der Waals surface area contributed by atoms with E-state index in [1.807, 2.05) is 21.0 Å². The Bertz CT molecular complexity index is 550. The van der Waals surface area contributed by atoms with Gasteiger partial charge in [0.25, 0.3) is 0 Å². The van der Waals surface area contributed by atoms with E-state index in [0.717, 1.165) is 11.5 Å². The number of hydrogen-bond acceptors (Lipinski definition) is 7. The minimum Gasteiger partial charge on any atom is -0.382 e. The molecule has 0 spiro atoms. The van der Waals surface area contributed by atoms with Crippen LogP contribution in [0.5, 0.6) is 0 Å². The summed E-state index contributed by atoms with van der Waals surface area (Å²) < 4.78 is 28.4. The fourth-order valence-corrected chi connectivity index (χ4v) is 4.15. The Hall–Kier alpha value is -0.860. The van der Waals surface area contributed by atoms with Crippen molar-refractivity contribution < 1.29 is 8.42 Å². The van der Waals surface area contributed by atoms with Crippen molar-refractivity contribution in [1.29, 1.82) is 0 Å². The highest BCUT2D eigenvalue weighted by atomic mass is 32.2. The van der Waals surface area contributed by atoms with Gasteiger partial charge in [0, 0.05) is 12.1 Å². The van der Waals surface area contributed by atoms with Crippen molar-refractivity contribution in [2.24, 2.45) is 0 Å². The van der Waals surface area contributed by atoms with Crippen LogP contribution in [-0.2, 0) is 9.84 Å². The maximum absolute atomic E-state index is 12.2. The molecule has 20 heavy (non-hydrogen) atoms. The van der Waals surface area contributed by atoms with E-state index < -0.39 is 9.84 Å². The quantitative estimate of drug-likeness (QED) is 0.794. The van der Waals surface area contributed by atoms with Crippen LogP contribution in [0.3, 0.4) is 0 Å². The molecule has 6 nitrogen and oxygen atoms in total. The second-order valence-corrected chi connectivity index (χ2v) is 8.42. The standard InChI is InChI=1S/C12H24N4O2S2/c1-6-7-20(17,18)9-10(13)15-19-11(9)14-8-12(2,3)16(4)5/h14H,6-8H2,1-5H3,(H2,13,15). The molecule has 0 fully saturated rings. The van der Waals surface area contributed by atoms with Gasteiger partial charge >= 0.3 is 0 Å². The zero-order chi connectivity index (χ0) is 15.6. The van der Waals surface area contributed by atoms with Crippen molar-refractivity contribution in [1.82, 2.24) is 9.27 Å². The molecule has 0 aliphatic rings. The van der Waals surface area contributed by atoms with Gasteiger partial charge in [-0.05, 0) is 45.9 Å². The minimum atomic E-state index is -3.37. The van der Waals surface area contributed by atoms with Gasteiger partial charge in [0.2, 0.25) is 0 Å². The number of anilines is 2. The predicted octanol–water partition coefficient (Wildman–Crippen LogP) is 1.66. The summed E-state index contributed by atoms with van der Waals surface area (Å²) in [5.74, 6) is 0.176. The van der Waals surface area contributed by atoms with Gasteiger partial charge in [-0.15, -0.1) is 0 Å². The van der Waals surface area contributed by atoms with Gasteiger partial charge in [0.15, 0.2) is 15.7 Å². The fraction of sp³-hybridized carbons (Fsp3) is 0.750. The van der Waals surface area contributed by atoms with Gasteiger partial charge in [-0.3, -0.25) is 0 Å². The molecule has 8 heteroatoms. The lowest BCUT2D eigenvalue weighted by Crippen LogP contribution is -2.44. The number of aromatic nitrogens is 1. The van der Waals surface area contributed by atoms with Crippen LogP contribution in [0.25, 0.3) is 0 Å². The van der Waals surface area contributed by atoms with Crippen LogP contribution in [0.15, 0.2) is 4.90 Å². The van der Waals surface area contributed by atoms with Crippen molar-refractivity contribution in [3.63, 3.8) is 0 Å². The highest BCUT2D eigenvalue weighted by molar-refractivity contribution is 7.91. The molecular weight excluding hydrogens is 296 g/mol. The Labute approximate surface area is 125 Å². The summed E-state index contributed by atoms with van der Waals surface area (Å²) in [5, 5.41) is 3.71. The van der Waals surface area contributed by atoms with E-state index in [0.29, 0.717) is 18.0 Å². The van der Waals surface area contributed by atoms with Crippen LogP contribution in [0.1, 0.15) is 27.2 Å². The topological polar surface area (TPSA) is 88.3 Å². The fourth-order valence-electron chi connectivity index (χ4n) is 1.53. The third kappa shape index (κ3) is 3.83. The minimum absolute atomic E-state index is 0.0847. The van der Waals surface area contributed by atoms with Crippen LogP contribution in [0, 0.1) is 0 Å². The normalized spacial score (nSPS) is 12.9. The lowest BCUT2D eigenvalue weighted by atomic mass is 10.0. The van der Waals surface area contributed by atoms with Crippen molar-refractivity contribution in [3.8, 4) is 0 Å². The van der Waals surface area contributed by atoms with Gasteiger partial charge in [0.1, 0.15) is 9.90 Å². The van der Waals surface area contributed by atoms with Crippen LogP contribution in [0.4, 0.5) is 10.8 Å². The van der Waals surface area contributed by atoms with Gasteiger partial charge in [-0.1, -0.05) is 6.92 Å². The molecule has 1 rings (SSSR count). The SMILES string of the molecule is CCCS(=O)(=O)c1c(N)nsc1NCC(C)(C)N(C)C. The number of rotatable bonds is 7. The molecule has 0 saturated heterocycles. The Kier molecular flexibility index (Phi) is 5.39. The summed E-state index contributed by atoms with van der Waals surface area (Å²) in [7, 11) is 0.598. The third-order valence-corrected chi connectivity index (χ3v) is 6.28. The molecule has 1 aromatic heterocycles. The number of sulfone groups is 1. The van der Waals surface area contributed by atoms with E-state index in [4.69, 9.17) is 5.73 Å². The molecule has 0 amide bonds. The average Bonchev–Trinajstić information content (AvgIpc) is 2.68. The van der Waals surface area contributed by atoms with E-state index >= 15 is 0 Å². The molecular formula is C12H24N4O2S2. The molecule has 0 aromatic carbocycles. The lowest BCUT2D eigenvalue weighted by molar-refractivity contribution is 0.210. The molecule has 1 heterocycles. The smallest absolute Gasteiger partial charge is 0.185 e. The van der Waals surface area contributed by atoms with Crippen LogP contribution in [-0.4, -0.2) is 49.6 Å². The molecule has 0 bridgehead atoms. The molecule has 0 radical (unpaired) electrons. The lowest BCUT2D eigenvalue weighted by Gasteiger charge is -2.32. The van der Waals surface area contributed by atoms with E-state index in [1.165, 1.54) is 0 Å². The second kappa shape index (κ2) is 6.28. The van der Waals surface area contributed by atoms with Crippen molar-refractivity contribution in [2.45, 2.75) is 37.6 Å². The molecule has 0 saturated carbocycles. The first-order chi connectivity index (χ1) is 9.12. The van der Waals surface area contributed by atoms with E-state index in [9.17, 15) is 8.42 Å². The highest BCUT2D eigenvalue weighted by Gasteiger charge is 2.27. The highest BCUT2D eigenvalue weighted by Crippen LogP contribution is 2.33. The summed E-state index contributed by atoms with van der Waals surface area (Å²) in [6.07, 6.45) is 0.556. The number of hydrogen-bond donors (Lipinski definition) is 2. The molecule has 1 aromatic rings. The van der Waals surface area contributed by atoms with Crippen LogP contribution < -0.4 is 11.1 Å². The third-order valence-electron chi connectivity index (χ3n) is 3.35. The monoisotopic (exact) mass is 320 g/mol. The largest absolute Gasteiger partial charge is 0.382 e. The van der Waals surface area contributed by atoms with Crippen LogP contribution >= 0.6 is 11.5 Å². The number of nitrogens with one attached hydrogen (secondary N) is 1. The predicted molar refractivity (Wildman–Crippen MR) is 85.1 cm³/mol. The number of nitrogens with zero attached hydrogens (tertiary/aromatic N) is 2. The maximum atomic E-state index is 12.2. The molecule has 0 atom stereocenters. The zero-order valence-electron chi connectivity index (χ0n) is 12.7. The van der Waals surface area contributed by atoms with Crippen molar-refractivity contribution in [2.75, 3.05) is 37.4 Å². The Morgan fingerprint density at radius 1 is 1.40 bits per heavy atom. The molecule has 116 valence electrons. The van der Waals surface area contributed by atoms with Crippen molar-refractivity contribution in [3.05, 3.63) is 0 Å². The van der Waals surface area contributed by atoms with Crippen molar-refractivity contribution >= 4 is 32.2 Å². The van der Waals surface area contributed by atoms with E-state index in [-0.39, 0.29) is 22.0 Å². The maximum Gasteiger partial charge on any atom is 0.185 e. The summed E-state index contributed by atoms with van der Waals surface area (Å²) in [6, 6.07) is 0. The van der Waals surface area contributed by atoms with Crippen LogP contribution in [0.2, 0.25) is 0 Å². The first-order valence-electron chi connectivity index (χ1n) is 6.51. The Morgan fingerprint density at radius 3 is 2.50 bits per heavy atom.